The number of hydrogen-bond donors (Lipinski definition) is 3. The number of primary amides is 1. The molecule has 2 aromatic heterocycles. The Morgan fingerprint density at radius 2 is 2.08 bits per heavy atom. The number of nitrogens with one attached hydrogen (secondary N) is 1. The summed E-state index contributed by atoms with van der Waals surface area (Å²) in [6.45, 7) is 1.76. The first-order valence-electron chi connectivity index (χ1n) is 7.61. The summed E-state index contributed by atoms with van der Waals surface area (Å²) >= 11 is 0. The van der Waals surface area contributed by atoms with Crippen molar-refractivity contribution in [2.24, 2.45) is 5.73 Å². The van der Waals surface area contributed by atoms with E-state index < -0.39 is 11.9 Å². The summed E-state index contributed by atoms with van der Waals surface area (Å²) < 4.78 is 6.95. The molecule has 0 spiro atoms. The smallest absolute Gasteiger partial charge is 0.248 e. The van der Waals surface area contributed by atoms with Gasteiger partial charge in [-0.3, -0.25) is 4.79 Å². The van der Waals surface area contributed by atoms with Crippen molar-refractivity contribution < 1.29 is 14.3 Å². The third-order valence-electron chi connectivity index (χ3n) is 4.07. The molecule has 3 aromatic rings. The number of rotatable bonds is 3. The van der Waals surface area contributed by atoms with Gasteiger partial charge >= 0.3 is 0 Å². The van der Waals surface area contributed by atoms with Crippen LogP contribution in [0.1, 0.15) is 18.5 Å². The number of amides is 1. The largest absolute Gasteiger partial charge is 0.508 e. The molecule has 0 saturated heterocycles. The Bertz CT molecular complexity index is 970. The predicted molar refractivity (Wildman–Crippen MR) is 89.5 cm³/mol. The number of carbonyl (C=O) groups is 1. The standard InChI is InChI=1S/C17H15N5O3/c1-9-13(15(18)24)14(10-4-6-11(23)7-5-10)22-17(19-9)20-16(21-22)12-3-2-8-25-12/h2-8,14,23H,1H3,(H2,18,24)(H,19,20,21). The van der Waals surface area contributed by atoms with Crippen LogP contribution >= 0.6 is 0 Å². The highest BCUT2D eigenvalue weighted by atomic mass is 16.3. The molecule has 0 aliphatic carbocycles. The first-order valence-corrected chi connectivity index (χ1v) is 7.61. The summed E-state index contributed by atoms with van der Waals surface area (Å²) in [6.07, 6.45) is 1.54. The SMILES string of the molecule is CC1=C(C(N)=O)C(c2ccc(O)cc2)n2nc(-c3ccco3)nc2N1. The highest BCUT2D eigenvalue weighted by Crippen LogP contribution is 2.36. The molecule has 4 rings (SSSR count). The number of furan rings is 1. The van der Waals surface area contributed by atoms with E-state index in [0.29, 0.717) is 28.8 Å². The number of hydrogen-bond acceptors (Lipinski definition) is 6. The fraction of sp³-hybridized carbons (Fsp3) is 0.118. The van der Waals surface area contributed by atoms with Crippen LogP contribution in [0, 0.1) is 0 Å². The Labute approximate surface area is 142 Å². The molecule has 0 fully saturated rings. The predicted octanol–water partition coefficient (Wildman–Crippen LogP) is 2.02. The molecular weight excluding hydrogens is 322 g/mol. The second-order valence-electron chi connectivity index (χ2n) is 5.70. The number of phenolic OH excluding ortho intramolecular Hbond substituents is 1. The summed E-state index contributed by atoms with van der Waals surface area (Å²) in [4.78, 5) is 16.5. The second kappa shape index (κ2) is 5.52. The maximum absolute atomic E-state index is 12.1. The van der Waals surface area contributed by atoms with Gasteiger partial charge in [0.05, 0.1) is 11.8 Å². The number of aromatic hydroxyl groups is 1. The molecule has 1 unspecified atom stereocenters. The van der Waals surface area contributed by atoms with E-state index in [4.69, 9.17) is 10.2 Å². The zero-order valence-electron chi connectivity index (χ0n) is 13.3. The summed E-state index contributed by atoms with van der Waals surface area (Å²) in [5.41, 5.74) is 7.35. The van der Waals surface area contributed by atoms with Crippen LogP contribution in [0.5, 0.6) is 5.75 Å². The molecule has 1 aliphatic rings. The lowest BCUT2D eigenvalue weighted by Crippen LogP contribution is -2.31. The molecule has 0 saturated carbocycles. The summed E-state index contributed by atoms with van der Waals surface area (Å²) in [7, 11) is 0. The molecule has 126 valence electrons. The van der Waals surface area contributed by atoms with Crippen molar-refractivity contribution >= 4 is 11.9 Å². The van der Waals surface area contributed by atoms with E-state index >= 15 is 0 Å². The van der Waals surface area contributed by atoms with Crippen LogP contribution in [0.4, 0.5) is 5.95 Å². The molecule has 3 heterocycles. The second-order valence-corrected chi connectivity index (χ2v) is 5.70. The molecule has 1 aromatic carbocycles. The third kappa shape index (κ3) is 2.44. The fourth-order valence-electron chi connectivity index (χ4n) is 2.95. The number of nitrogens with two attached hydrogens (primary N) is 1. The zero-order valence-corrected chi connectivity index (χ0v) is 13.3. The lowest BCUT2D eigenvalue weighted by Gasteiger charge is -2.27. The molecule has 8 heteroatoms. The van der Waals surface area contributed by atoms with E-state index in [1.165, 1.54) is 0 Å². The van der Waals surface area contributed by atoms with Crippen LogP contribution in [0.25, 0.3) is 11.6 Å². The van der Waals surface area contributed by atoms with Crippen LogP contribution in [0.2, 0.25) is 0 Å². The fourth-order valence-corrected chi connectivity index (χ4v) is 2.95. The summed E-state index contributed by atoms with van der Waals surface area (Å²) in [6, 6.07) is 9.50. The van der Waals surface area contributed by atoms with Gasteiger partial charge in [0.25, 0.3) is 0 Å². The van der Waals surface area contributed by atoms with Crippen molar-refractivity contribution in [3.63, 3.8) is 0 Å². The average Bonchev–Trinajstić information content (AvgIpc) is 3.23. The van der Waals surface area contributed by atoms with Crippen LogP contribution in [0.3, 0.4) is 0 Å². The van der Waals surface area contributed by atoms with Crippen molar-refractivity contribution in [3.05, 3.63) is 59.5 Å². The van der Waals surface area contributed by atoms with Gasteiger partial charge in [-0.05, 0) is 36.8 Å². The van der Waals surface area contributed by atoms with Crippen molar-refractivity contribution in [2.75, 3.05) is 5.32 Å². The number of aromatic nitrogens is 3. The number of fused-ring (bicyclic) bond motifs is 1. The van der Waals surface area contributed by atoms with Crippen molar-refractivity contribution in [1.82, 2.24) is 14.8 Å². The Kier molecular flexibility index (Phi) is 3.31. The number of nitrogens with zero attached hydrogens (tertiary/aromatic N) is 3. The topological polar surface area (TPSA) is 119 Å². The molecule has 8 nitrogen and oxygen atoms in total. The Morgan fingerprint density at radius 3 is 2.72 bits per heavy atom. The van der Waals surface area contributed by atoms with Crippen molar-refractivity contribution in [3.8, 4) is 17.3 Å². The normalized spacial score (nSPS) is 16.4. The van der Waals surface area contributed by atoms with Crippen LogP contribution < -0.4 is 11.1 Å². The lowest BCUT2D eigenvalue weighted by atomic mass is 9.95. The highest BCUT2D eigenvalue weighted by Gasteiger charge is 2.33. The Morgan fingerprint density at radius 1 is 1.32 bits per heavy atom. The minimum atomic E-state index is -0.552. The molecule has 4 N–H and O–H groups in total. The van der Waals surface area contributed by atoms with Gasteiger partial charge in [-0.2, -0.15) is 4.98 Å². The summed E-state index contributed by atoms with van der Waals surface area (Å²) in [5, 5.41) is 17.1. The zero-order chi connectivity index (χ0) is 17.6. The van der Waals surface area contributed by atoms with E-state index in [2.05, 4.69) is 15.4 Å². The van der Waals surface area contributed by atoms with Crippen molar-refractivity contribution in [1.29, 1.82) is 0 Å². The monoisotopic (exact) mass is 337 g/mol. The minimum absolute atomic E-state index is 0.133. The number of benzene rings is 1. The van der Waals surface area contributed by atoms with Gasteiger partial charge < -0.3 is 20.6 Å². The van der Waals surface area contributed by atoms with Gasteiger partial charge in [0.15, 0.2) is 5.76 Å². The summed E-state index contributed by atoms with van der Waals surface area (Å²) in [5.74, 6) is 0.978. The molecule has 1 amide bonds. The van der Waals surface area contributed by atoms with E-state index in [1.807, 2.05) is 0 Å². The first kappa shape index (κ1) is 15.0. The van der Waals surface area contributed by atoms with E-state index in [9.17, 15) is 9.90 Å². The number of anilines is 1. The molecule has 1 aliphatic heterocycles. The van der Waals surface area contributed by atoms with E-state index in [1.54, 1.807) is 54.3 Å². The molecular formula is C17H15N5O3. The average molecular weight is 337 g/mol. The maximum atomic E-state index is 12.1. The Hall–Kier alpha value is -3.55. The highest BCUT2D eigenvalue weighted by molar-refractivity contribution is 5.95. The molecule has 0 bridgehead atoms. The molecule has 0 radical (unpaired) electrons. The third-order valence-corrected chi connectivity index (χ3v) is 4.07. The van der Waals surface area contributed by atoms with Gasteiger partial charge in [0.1, 0.15) is 11.8 Å². The van der Waals surface area contributed by atoms with Crippen LogP contribution in [-0.4, -0.2) is 25.8 Å². The van der Waals surface area contributed by atoms with Gasteiger partial charge in [-0.15, -0.1) is 5.10 Å². The Balaban J connectivity index is 1.89. The molecule has 1 atom stereocenters. The molecule has 25 heavy (non-hydrogen) atoms. The van der Waals surface area contributed by atoms with E-state index in [-0.39, 0.29) is 5.75 Å². The van der Waals surface area contributed by atoms with Crippen LogP contribution in [-0.2, 0) is 4.79 Å². The quantitative estimate of drug-likeness (QED) is 0.672. The van der Waals surface area contributed by atoms with Gasteiger partial charge in [0.2, 0.25) is 17.7 Å². The minimum Gasteiger partial charge on any atom is -0.508 e. The van der Waals surface area contributed by atoms with Crippen molar-refractivity contribution in [2.45, 2.75) is 13.0 Å². The number of allylic oxidation sites excluding steroid dienone is 1. The maximum Gasteiger partial charge on any atom is 0.248 e. The van der Waals surface area contributed by atoms with Gasteiger partial charge in [-0.1, -0.05) is 12.1 Å². The van der Waals surface area contributed by atoms with Gasteiger partial charge in [-0.25, -0.2) is 4.68 Å². The van der Waals surface area contributed by atoms with Gasteiger partial charge in [0, 0.05) is 5.70 Å². The van der Waals surface area contributed by atoms with Crippen LogP contribution in [0.15, 0.2) is 58.3 Å². The lowest BCUT2D eigenvalue weighted by molar-refractivity contribution is -0.115. The van der Waals surface area contributed by atoms with E-state index in [0.717, 1.165) is 5.56 Å². The number of phenols is 1. The number of carbonyl (C=O) groups excluding carboxylic acids is 1. The first-order chi connectivity index (χ1) is 12.0.